The van der Waals surface area contributed by atoms with Gasteiger partial charge in [0.05, 0.1) is 6.61 Å². The van der Waals surface area contributed by atoms with E-state index < -0.39 is 0 Å². The number of nitrogens with zero attached hydrogens (tertiary/aromatic N) is 1. The smallest absolute Gasteiger partial charge is 0.244 e. The molecule has 0 radical (unpaired) electrons. The van der Waals surface area contributed by atoms with Crippen molar-refractivity contribution in [3.05, 3.63) is 82.5 Å². The van der Waals surface area contributed by atoms with Crippen LogP contribution in [0.2, 0.25) is 5.02 Å². The molecule has 146 valence electrons. The van der Waals surface area contributed by atoms with Crippen molar-refractivity contribution in [2.24, 2.45) is 4.99 Å². The van der Waals surface area contributed by atoms with Gasteiger partial charge in [0, 0.05) is 16.3 Å². The van der Waals surface area contributed by atoms with Crippen LogP contribution < -0.4 is 4.74 Å². The lowest BCUT2D eigenvalue weighted by molar-refractivity contribution is -0.107. The van der Waals surface area contributed by atoms with Crippen molar-refractivity contribution in [3.8, 4) is 5.75 Å². The van der Waals surface area contributed by atoms with Crippen LogP contribution in [0.15, 0.2) is 71.4 Å². The fourth-order valence-corrected chi connectivity index (χ4v) is 5.18. The summed E-state index contributed by atoms with van der Waals surface area (Å²) in [7, 11) is 0. The SMILES string of the molecule is CCOc1ccc2ccccc2c1/C=C1\N=C(SCc2ccccc2Cl)SC1=O. The highest BCUT2D eigenvalue weighted by atomic mass is 35.5. The summed E-state index contributed by atoms with van der Waals surface area (Å²) >= 11 is 8.91. The van der Waals surface area contributed by atoms with Crippen LogP contribution in [0.1, 0.15) is 18.1 Å². The Morgan fingerprint density at radius 1 is 1.10 bits per heavy atom. The van der Waals surface area contributed by atoms with Gasteiger partial charge in [0.15, 0.2) is 0 Å². The number of carbonyl (C=O) groups is 1. The number of fused-ring (bicyclic) bond motifs is 1. The molecule has 6 heteroatoms. The van der Waals surface area contributed by atoms with Gasteiger partial charge in [0.25, 0.3) is 0 Å². The van der Waals surface area contributed by atoms with Crippen LogP contribution in [0.25, 0.3) is 16.8 Å². The van der Waals surface area contributed by atoms with Gasteiger partial charge in [0.1, 0.15) is 15.8 Å². The van der Waals surface area contributed by atoms with E-state index in [0.717, 1.165) is 48.8 Å². The number of hydrogen-bond donors (Lipinski definition) is 0. The highest BCUT2D eigenvalue weighted by Gasteiger charge is 2.23. The molecular formula is C23H18ClNO2S2. The fourth-order valence-electron chi connectivity index (χ4n) is 3.05. The normalized spacial score (nSPS) is 15.2. The number of carbonyl (C=O) groups excluding carboxylic acids is 1. The second-order valence-corrected chi connectivity index (χ2v) is 8.90. The minimum Gasteiger partial charge on any atom is -0.493 e. The van der Waals surface area contributed by atoms with Crippen molar-refractivity contribution in [1.29, 1.82) is 0 Å². The lowest BCUT2D eigenvalue weighted by Crippen LogP contribution is -1.96. The predicted molar refractivity (Wildman–Crippen MR) is 126 cm³/mol. The first-order valence-corrected chi connectivity index (χ1v) is 11.4. The second kappa shape index (κ2) is 9.08. The molecule has 0 atom stereocenters. The molecule has 0 saturated carbocycles. The summed E-state index contributed by atoms with van der Waals surface area (Å²) in [5.41, 5.74) is 2.35. The summed E-state index contributed by atoms with van der Waals surface area (Å²) < 4.78 is 6.54. The summed E-state index contributed by atoms with van der Waals surface area (Å²) in [4.78, 5) is 17.1. The Hall–Kier alpha value is -2.21. The molecule has 3 nitrogen and oxygen atoms in total. The molecule has 0 spiro atoms. The lowest BCUT2D eigenvalue weighted by Gasteiger charge is -2.10. The Balaban J connectivity index is 1.65. The average Bonchev–Trinajstić information content (AvgIpc) is 3.08. The minimum atomic E-state index is -0.0537. The third-order valence-electron chi connectivity index (χ3n) is 4.42. The van der Waals surface area contributed by atoms with Crippen molar-refractivity contribution in [2.45, 2.75) is 12.7 Å². The number of ether oxygens (including phenoxy) is 1. The molecule has 0 amide bonds. The molecule has 1 aliphatic heterocycles. The van der Waals surface area contributed by atoms with Crippen molar-refractivity contribution in [3.63, 3.8) is 0 Å². The molecular weight excluding hydrogens is 422 g/mol. The largest absolute Gasteiger partial charge is 0.493 e. The number of hydrogen-bond acceptors (Lipinski definition) is 5. The van der Waals surface area contributed by atoms with Crippen molar-refractivity contribution in [2.75, 3.05) is 6.61 Å². The zero-order chi connectivity index (χ0) is 20.2. The van der Waals surface area contributed by atoms with Crippen LogP contribution >= 0.6 is 35.1 Å². The molecule has 0 unspecified atom stereocenters. The third kappa shape index (κ3) is 4.53. The van der Waals surface area contributed by atoms with Crippen molar-refractivity contribution < 1.29 is 9.53 Å². The van der Waals surface area contributed by atoms with Crippen LogP contribution in [0.5, 0.6) is 5.75 Å². The molecule has 0 saturated heterocycles. The summed E-state index contributed by atoms with van der Waals surface area (Å²) in [6, 6.07) is 19.8. The molecule has 0 aromatic heterocycles. The molecule has 3 aromatic rings. The molecule has 0 aliphatic carbocycles. The van der Waals surface area contributed by atoms with Gasteiger partial charge >= 0.3 is 0 Å². The van der Waals surface area contributed by atoms with Crippen LogP contribution in [0.4, 0.5) is 0 Å². The monoisotopic (exact) mass is 439 g/mol. The number of rotatable bonds is 5. The summed E-state index contributed by atoms with van der Waals surface area (Å²) in [5.74, 6) is 1.42. The maximum absolute atomic E-state index is 12.6. The first-order valence-electron chi connectivity index (χ1n) is 9.19. The highest BCUT2D eigenvalue weighted by molar-refractivity contribution is 8.45. The second-order valence-electron chi connectivity index (χ2n) is 6.31. The Kier molecular flexibility index (Phi) is 6.28. The Morgan fingerprint density at radius 2 is 1.90 bits per heavy atom. The average molecular weight is 440 g/mol. The van der Waals surface area contributed by atoms with E-state index in [1.54, 1.807) is 0 Å². The number of halogens is 1. The number of aliphatic imine (C=N–C) groups is 1. The van der Waals surface area contributed by atoms with Crippen LogP contribution in [0.3, 0.4) is 0 Å². The molecule has 4 rings (SSSR count). The van der Waals surface area contributed by atoms with Gasteiger partial charge in [-0.05, 0) is 53.2 Å². The molecule has 0 bridgehead atoms. The van der Waals surface area contributed by atoms with Gasteiger partial charge < -0.3 is 4.74 Å². The van der Waals surface area contributed by atoms with E-state index in [2.05, 4.69) is 4.99 Å². The minimum absolute atomic E-state index is 0.0537. The molecule has 29 heavy (non-hydrogen) atoms. The summed E-state index contributed by atoms with van der Waals surface area (Å²) in [6.07, 6.45) is 1.84. The zero-order valence-corrected chi connectivity index (χ0v) is 18.1. The van der Waals surface area contributed by atoms with E-state index in [0.29, 0.717) is 18.1 Å². The number of thioether (sulfide) groups is 2. The quantitative estimate of drug-likeness (QED) is 0.410. The maximum atomic E-state index is 12.6. The Bertz CT molecular complexity index is 1140. The van der Waals surface area contributed by atoms with E-state index in [-0.39, 0.29) is 5.12 Å². The third-order valence-corrected chi connectivity index (χ3v) is 6.85. The number of benzene rings is 3. The van der Waals surface area contributed by atoms with Crippen LogP contribution in [0, 0.1) is 0 Å². The van der Waals surface area contributed by atoms with Crippen molar-refractivity contribution in [1.82, 2.24) is 0 Å². The first-order chi connectivity index (χ1) is 14.2. The first kappa shape index (κ1) is 20.1. The molecule has 0 fully saturated rings. The maximum Gasteiger partial charge on any atom is 0.244 e. The molecule has 0 N–H and O–H groups in total. The zero-order valence-electron chi connectivity index (χ0n) is 15.7. The van der Waals surface area contributed by atoms with Crippen LogP contribution in [-0.2, 0) is 10.5 Å². The van der Waals surface area contributed by atoms with Gasteiger partial charge in [-0.2, -0.15) is 0 Å². The molecule has 3 aromatic carbocycles. The highest BCUT2D eigenvalue weighted by Crippen LogP contribution is 2.36. The van der Waals surface area contributed by atoms with E-state index in [1.165, 1.54) is 11.8 Å². The topological polar surface area (TPSA) is 38.7 Å². The van der Waals surface area contributed by atoms with Gasteiger partial charge in [-0.25, -0.2) is 4.99 Å². The predicted octanol–water partition coefficient (Wildman–Crippen LogP) is 6.80. The molecule has 1 aliphatic rings. The summed E-state index contributed by atoms with van der Waals surface area (Å²) in [6.45, 7) is 2.50. The standard InChI is InChI=1S/C23H18ClNO2S2/c1-2-27-21-12-11-15-7-3-5-9-17(15)18(21)13-20-22(26)29-23(25-20)28-14-16-8-4-6-10-19(16)24/h3-13H,2,14H2,1H3/b20-13-. The fraction of sp³-hybridized carbons (Fsp3) is 0.130. The van der Waals surface area contributed by atoms with E-state index in [9.17, 15) is 4.79 Å². The van der Waals surface area contributed by atoms with E-state index in [4.69, 9.17) is 16.3 Å². The Morgan fingerprint density at radius 3 is 2.72 bits per heavy atom. The Labute approximate surface area is 183 Å². The van der Waals surface area contributed by atoms with Crippen LogP contribution in [-0.4, -0.2) is 16.1 Å². The summed E-state index contributed by atoms with van der Waals surface area (Å²) in [5, 5.41) is 2.80. The molecule has 1 heterocycles. The van der Waals surface area contributed by atoms with Gasteiger partial charge in [-0.15, -0.1) is 0 Å². The van der Waals surface area contributed by atoms with Gasteiger partial charge in [0.2, 0.25) is 5.12 Å². The van der Waals surface area contributed by atoms with Gasteiger partial charge in [-0.1, -0.05) is 71.9 Å². The van der Waals surface area contributed by atoms with Crippen molar-refractivity contribution >= 4 is 61.5 Å². The van der Waals surface area contributed by atoms with E-state index >= 15 is 0 Å². The van der Waals surface area contributed by atoms with Gasteiger partial charge in [-0.3, -0.25) is 4.79 Å². The van der Waals surface area contributed by atoms with E-state index in [1.807, 2.05) is 73.7 Å². The lowest BCUT2D eigenvalue weighted by atomic mass is 10.0.